The molecule has 0 aliphatic carbocycles. The van der Waals surface area contributed by atoms with Crippen LogP contribution in [0.5, 0.6) is 5.75 Å². The normalized spacial score (nSPS) is 16.8. The highest BCUT2D eigenvalue weighted by molar-refractivity contribution is 6.31. The molecule has 4 rings (SSSR count). The molecule has 172 valence electrons. The zero-order chi connectivity index (χ0) is 23.2. The molecule has 1 aliphatic heterocycles. The second kappa shape index (κ2) is 8.80. The fourth-order valence-electron chi connectivity index (χ4n) is 4.48. The zero-order valence-electron chi connectivity index (χ0n) is 18.6. The summed E-state index contributed by atoms with van der Waals surface area (Å²) in [6.45, 7) is 9.59. The molecule has 3 heterocycles. The van der Waals surface area contributed by atoms with Crippen molar-refractivity contribution in [3.05, 3.63) is 40.1 Å². The molecule has 2 aromatic heterocycles. The van der Waals surface area contributed by atoms with Crippen LogP contribution in [0.2, 0.25) is 5.02 Å². The van der Waals surface area contributed by atoms with Crippen LogP contribution in [0.15, 0.2) is 12.4 Å². The predicted molar refractivity (Wildman–Crippen MR) is 122 cm³/mol. The van der Waals surface area contributed by atoms with Crippen molar-refractivity contribution in [1.29, 1.82) is 0 Å². The van der Waals surface area contributed by atoms with Crippen LogP contribution in [-0.4, -0.2) is 62.1 Å². The van der Waals surface area contributed by atoms with E-state index in [-0.39, 0.29) is 17.0 Å². The van der Waals surface area contributed by atoms with Gasteiger partial charge in [-0.05, 0) is 33.8 Å². The average Bonchev–Trinajstić information content (AvgIpc) is 3.05. The van der Waals surface area contributed by atoms with Gasteiger partial charge in [-0.15, -0.1) is 0 Å². The van der Waals surface area contributed by atoms with E-state index in [4.69, 9.17) is 22.1 Å². The number of aliphatic hydroxyl groups excluding tert-OH is 1. The third kappa shape index (κ3) is 3.89. The maximum Gasteiger partial charge on any atom is 0.164 e. The quantitative estimate of drug-likeness (QED) is 0.555. The van der Waals surface area contributed by atoms with E-state index < -0.39 is 11.9 Å². The van der Waals surface area contributed by atoms with E-state index in [0.29, 0.717) is 60.1 Å². The van der Waals surface area contributed by atoms with Crippen LogP contribution in [-0.2, 0) is 0 Å². The lowest BCUT2D eigenvalue weighted by molar-refractivity contribution is 0.0721. The third-order valence-corrected chi connectivity index (χ3v) is 6.20. The summed E-state index contributed by atoms with van der Waals surface area (Å²) in [5, 5.41) is 15.0. The third-order valence-electron chi connectivity index (χ3n) is 5.92. The molecule has 32 heavy (non-hydrogen) atoms. The van der Waals surface area contributed by atoms with E-state index in [1.165, 1.54) is 6.33 Å². The van der Waals surface area contributed by atoms with Gasteiger partial charge in [-0.3, -0.25) is 4.90 Å². The lowest BCUT2D eigenvalue weighted by Gasteiger charge is -2.41. The minimum atomic E-state index is -0.458. The van der Waals surface area contributed by atoms with Gasteiger partial charge < -0.3 is 15.6 Å². The molecule has 1 aromatic carbocycles. The second-order valence-electron chi connectivity index (χ2n) is 8.37. The van der Waals surface area contributed by atoms with Gasteiger partial charge in [-0.25, -0.2) is 19.0 Å². The van der Waals surface area contributed by atoms with Crippen molar-refractivity contribution in [2.24, 2.45) is 0 Å². The number of ether oxygens (including phenoxy) is 1. The van der Waals surface area contributed by atoms with Crippen molar-refractivity contribution in [3.8, 4) is 5.75 Å². The number of hydrogen-bond acceptors (Lipinski definition) is 7. The molecule has 0 saturated carbocycles. The van der Waals surface area contributed by atoms with Crippen LogP contribution >= 0.6 is 11.6 Å². The van der Waals surface area contributed by atoms with Crippen LogP contribution in [0.25, 0.3) is 11.0 Å². The van der Waals surface area contributed by atoms with Gasteiger partial charge in [-0.2, -0.15) is 5.10 Å². The first-order valence-corrected chi connectivity index (χ1v) is 11.1. The van der Waals surface area contributed by atoms with Crippen molar-refractivity contribution in [2.75, 3.05) is 32.0 Å². The molecule has 0 bridgehead atoms. The summed E-state index contributed by atoms with van der Waals surface area (Å²) < 4.78 is 23.0. The summed E-state index contributed by atoms with van der Waals surface area (Å²) >= 11 is 6.36. The number of halogens is 2. The molecular weight excluding hydrogens is 435 g/mol. The zero-order valence-corrected chi connectivity index (χ0v) is 19.4. The molecule has 1 fully saturated rings. The first-order chi connectivity index (χ1) is 15.2. The van der Waals surface area contributed by atoms with Crippen molar-refractivity contribution in [3.63, 3.8) is 0 Å². The monoisotopic (exact) mass is 462 g/mol. The lowest BCUT2D eigenvalue weighted by atomic mass is 9.87. The van der Waals surface area contributed by atoms with E-state index in [1.54, 1.807) is 17.7 Å². The molecule has 3 aromatic rings. The van der Waals surface area contributed by atoms with E-state index in [2.05, 4.69) is 20.0 Å². The summed E-state index contributed by atoms with van der Waals surface area (Å²) in [6, 6.07) is 1.27. The maximum atomic E-state index is 15.3. The molecule has 1 saturated heterocycles. The Bertz CT molecular complexity index is 1150. The van der Waals surface area contributed by atoms with Crippen molar-refractivity contribution in [2.45, 2.75) is 45.8 Å². The van der Waals surface area contributed by atoms with Gasteiger partial charge in [0.2, 0.25) is 0 Å². The molecular formula is C22H28ClFN6O2. The van der Waals surface area contributed by atoms with Crippen molar-refractivity contribution >= 4 is 28.5 Å². The maximum absolute atomic E-state index is 15.3. The van der Waals surface area contributed by atoms with Crippen LogP contribution in [0.3, 0.4) is 0 Å². The van der Waals surface area contributed by atoms with Gasteiger partial charge >= 0.3 is 0 Å². The Morgan fingerprint density at radius 1 is 1.34 bits per heavy atom. The van der Waals surface area contributed by atoms with Gasteiger partial charge in [0.05, 0.1) is 34.9 Å². The molecule has 1 aliphatic rings. The van der Waals surface area contributed by atoms with Gasteiger partial charge in [0.15, 0.2) is 5.65 Å². The second-order valence-corrected chi connectivity index (χ2v) is 8.77. The number of nitrogens with zero attached hydrogens (tertiary/aromatic N) is 5. The number of benzene rings is 1. The number of aromatic nitrogens is 4. The fraction of sp³-hybridized carbons (Fsp3) is 0.500. The standard InChI is InChI=1S/C22H28ClFN6O2/c1-5-32-20-15(13(4)30-22-17(12(3)28-30)21(25)26-10-27-22)6-16(23)19(24)18(20)14-8-29(9-14)7-11(2)31/h6,10-11,13-14,31H,5,7-9H2,1-4H3,(H2,25,26,27). The molecule has 2 atom stereocenters. The number of fused-ring (bicyclic) bond motifs is 1. The Balaban J connectivity index is 1.80. The summed E-state index contributed by atoms with van der Waals surface area (Å²) in [4.78, 5) is 10.5. The Morgan fingerprint density at radius 3 is 2.72 bits per heavy atom. The molecule has 0 radical (unpaired) electrons. The van der Waals surface area contributed by atoms with E-state index in [0.717, 1.165) is 5.56 Å². The average molecular weight is 463 g/mol. The minimum Gasteiger partial charge on any atom is -0.493 e. The van der Waals surface area contributed by atoms with Gasteiger partial charge in [0, 0.05) is 36.7 Å². The van der Waals surface area contributed by atoms with Crippen molar-refractivity contribution in [1.82, 2.24) is 24.6 Å². The fourth-order valence-corrected chi connectivity index (χ4v) is 4.70. The number of hydrogen-bond donors (Lipinski definition) is 2. The topological polar surface area (TPSA) is 102 Å². The van der Waals surface area contributed by atoms with E-state index >= 15 is 4.39 Å². The Morgan fingerprint density at radius 2 is 2.06 bits per heavy atom. The van der Waals surface area contributed by atoms with Crippen LogP contribution in [0.1, 0.15) is 49.6 Å². The summed E-state index contributed by atoms with van der Waals surface area (Å²) in [5.41, 5.74) is 8.56. The number of aliphatic hydroxyl groups is 1. The molecule has 3 N–H and O–H groups in total. The Hall–Kier alpha value is -2.49. The van der Waals surface area contributed by atoms with Crippen LogP contribution in [0.4, 0.5) is 10.2 Å². The van der Waals surface area contributed by atoms with Crippen LogP contribution in [0, 0.1) is 12.7 Å². The number of likely N-dealkylation sites (tertiary alicyclic amines) is 1. The van der Waals surface area contributed by atoms with E-state index in [1.807, 2.05) is 20.8 Å². The minimum absolute atomic E-state index is 0.0432. The SMILES string of the molecule is CCOc1c(C(C)n2nc(C)c3c(N)ncnc32)cc(Cl)c(F)c1C1CN(CC(C)O)C1. The van der Waals surface area contributed by atoms with Gasteiger partial charge in [-0.1, -0.05) is 11.6 Å². The first kappa shape index (κ1) is 22.7. The lowest BCUT2D eigenvalue weighted by Crippen LogP contribution is -2.48. The van der Waals surface area contributed by atoms with Crippen molar-refractivity contribution < 1.29 is 14.2 Å². The van der Waals surface area contributed by atoms with Gasteiger partial charge in [0.25, 0.3) is 0 Å². The number of nitrogen functional groups attached to an aromatic ring is 1. The highest BCUT2D eigenvalue weighted by Crippen LogP contribution is 2.43. The molecule has 0 spiro atoms. The number of rotatable bonds is 7. The van der Waals surface area contributed by atoms with Crippen LogP contribution < -0.4 is 10.5 Å². The number of aryl methyl sites for hydroxylation is 1. The highest BCUT2D eigenvalue weighted by Gasteiger charge is 2.36. The van der Waals surface area contributed by atoms with Gasteiger partial charge in [0.1, 0.15) is 23.7 Å². The number of nitrogens with two attached hydrogens (primary N) is 1. The molecule has 0 amide bonds. The summed E-state index contributed by atoms with van der Waals surface area (Å²) in [6.07, 6.45) is 0.965. The summed E-state index contributed by atoms with van der Waals surface area (Å²) in [7, 11) is 0. The largest absolute Gasteiger partial charge is 0.493 e. The van der Waals surface area contributed by atoms with E-state index in [9.17, 15) is 5.11 Å². The summed E-state index contributed by atoms with van der Waals surface area (Å²) in [5.74, 6) is 0.322. The predicted octanol–water partition coefficient (Wildman–Crippen LogP) is 3.30. The molecule has 2 unspecified atom stereocenters. The Labute approximate surface area is 191 Å². The smallest absolute Gasteiger partial charge is 0.164 e. The Kier molecular flexibility index (Phi) is 6.24. The number of anilines is 1. The number of β-amino-alcohol motifs (C(OH)–C–C–N with tert-alkyl or cyclic N) is 1. The molecule has 10 heteroatoms. The first-order valence-electron chi connectivity index (χ1n) is 10.7. The highest BCUT2D eigenvalue weighted by atomic mass is 35.5. The molecule has 8 nitrogen and oxygen atoms in total.